The summed E-state index contributed by atoms with van der Waals surface area (Å²) < 4.78 is 5.84. The Morgan fingerprint density at radius 2 is 2.00 bits per heavy atom. The Bertz CT molecular complexity index is 520. The number of hydrogen-bond donors (Lipinski definition) is 3. The Labute approximate surface area is 132 Å². The van der Waals surface area contributed by atoms with Crippen LogP contribution in [0, 0.1) is 5.92 Å². The van der Waals surface area contributed by atoms with Gasteiger partial charge in [0.1, 0.15) is 11.8 Å². The predicted molar refractivity (Wildman–Crippen MR) is 83.7 cm³/mol. The van der Waals surface area contributed by atoms with E-state index >= 15 is 0 Å². The number of benzene rings is 1. The Balaban J connectivity index is 2.71. The molecule has 0 spiro atoms. The molecule has 1 rings (SSSR count). The number of rotatable bonds is 6. The van der Waals surface area contributed by atoms with E-state index in [9.17, 15) is 9.59 Å². The molecule has 0 radical (unpaired) electrons. The molecular weight excluding hydrogens is 340 g/mol. The summed E-state index contributed by atoms with van der Waals surface area (Å²) in [5.41, 5.74) is 0.507. The predicted octanol–water partition coefficient (Wildman–Crippen LogP) is 3.08. The molecule has 0 heterocycles. The first-order chi connectivity index (χ1) is 9.81. The van der Waals surface area contributed by atoms with Crippen molar-refractivity contribution < 1.29 is 19.4 Å². The van der Waals surface area contributed by atoms with Crippen molar-refractivity contribution in [2.75, 3.05) is 12.4 Å². The lowest BCUT2D eigenvalue weighted by Gasteiger charge is -2.17. The summed E-state index contributed by atoms with van der Waals surface area (Å²) in [6, 6.07) is 3.60. The SMILES string of the molecule is COc1cc(Br)cc(NC(=O)NC(CC(C)C)C(=O)O)c1. The minimum absolute atomic E-state index is 0.164. The number of carbonyl (C=O) groups is 2. The molecule has 0 aliphatic carbocycles. The van der Waals surface area contributed by atoms with Crippen molar-refractivity contribution in [3.63, 3.8) is 0 Å². The minimum atomic E-state index is -1.05. The molecule has 0 fully saturated rings. The first kappa shape index (κ1) is 17.3. The van der Waals surface area contributed by atoms with Crippen molar-refractivity contribution in [2.24, 2.45) is 5.92 Å². The van der Waals surface area contributed by atoms with Gasteiger partial charge in [0.25, 0.3) is 0 Å². The molecule has 0 aliphatic heterocycles. The maximum atomic E-state index is 11.9. The van der Waals surface area contributed by atoms with Crippen molar-refractivity contribution >= 4 is 33.6 Å². The Hall–Kier alpha value is -1.76. The lowest BCUT2D eigenvalue weighted by molar-refractivity contribution is -0.139. The van der Waals surface area contributed by atoms with Crippen LogP contribution in [0.5, 0.6) is 5.75 Å². The molecule has 6 nitrogen and oxygen atoms in total. The van der Waals surface area contributed by atoms with Gasteiger partial charge >= 0.3 is 12.0 Å². The zero-order valence-corrected chi connectivity index (χ0v) is 13.7. The fourth-order valence-electron chi connectivity index (χ4n) is 1.77. The van der Waals surface area contributed by atoms with Crippen LogP contribution in [0.4, 0.5) is 10.5 Å². The topological polar surface area (TPSA) is 87.7 Å². The van der Waals surface area contributed by atoms with E-state index in [1.165, 1.54) is 7.11 Å². The lowest BCUT2D eigenvalue weighted by atomic mass is 10.0. The lowest BCUT2D eigenvalue weighted by Crippen LogP contribution is -2.43. The van der Waals surface area contributed by atoms with Crippen molar-refractivity contribution in [3.05, 3.63) is 22.7 Å². The van der Waals surface area contributed by atoms with E-state index in [1.54, 1.807) is 18.2 Å². The molecule has 1 unspecified atom stereocenters. The molecule has 7 heteroatoms. The fraction of sp³-hybridized carbons (Fsp3) is 0.429. The maximum absolute atomic E-state index is 11.9. The molecule has 0 aliphatic rings. The number of amides is 2. The molecule has 21 heavy (non-hydrogen) atoms. The number of hydrogen-bond acceptors (Lipinski definition) is 3. The second kappa shape index (κ2) is 7.87. The number of ether oxygens (including phenoxy) is 1. The van der Waals surface area contributed by atoms with Crippen molar-refractivity contribution in [3.8, 4) is 5.75 Å². The minimum Gasteiger partial charge on any atom is -0.497 e. The molecule has 1 aromatic carbocycles. The fourth-order valence-corrected chi connectivity index (χ4v) is 2.24. The van der Waals surface area contributed by atoms with Crippen LogP contribution in [0.2, 0.25) is 0 Å². The van der Waals surface area contributed by atoms with E-state index in [4.69, 9.17) is 9.84 Å². The number of carbonyl (C=O) groups excluding carboxylic acids is 1. The van der Waals surface area contributed by atoms with Gasteiger partial charge in [-0.1, -0.05) is 29.8 Å². The summed E-state index contributed by atoms with van der Waals surface area (Å²) in [5, 5.41) is 14.1. The normalized spacial score (nSPS) is 11.9. The summed E-state index contributed by atoms with van der Waals surface area (Å²) in [4.78, 5) is 23.0. The number of nitrogens with one attached hydrogen (secondary N) is 2. The molecule has 0 saturated carbocycles. The number of aliphatic carboxylic acids is 1. The van der Waals surface area contributed by atoms with E-state index in [2.05, 4.69) is 26.6 Å². The molecule has 0 aromatic heterocycles. The van der Waals surface area contributed by atoms with Gasteiger partial charge in [-0.05, 0) is 24.5 Å². The number of carboxylic acids is 1. The van der Waals surface area contributed by atoms with Gasteiger partial charge in [-0.3, -0.25) is 0 Å². The van der Waals surface area contributed by atoms with Crippen LogP contribution in [0.15, 0.2) is 22.7 Å². The average molecular weight is 359 g/mol. The number of halogens is 1. The number of urea groups is 1. The third kappa shape index (κ3) is 6.03. The van der Waals surface area contributed by atoms with E-state index < -0.39 is 18.0 Å². The standard InChI is InChI=1S/C14H19BrN2O4/c1-8(2)4-12(13(18)19)17-14(20)16-10-5-9(15)6-11(7-10)21-3/h5-8,12H,4H2,1-3H3,(H,18,19)(H2,16,17,20). The molecule has 0 saturated heterocycles. The summed E-state index contributed by atoms with van der Waals surface area (Å²) >= 11 is 3.30. The number of carboxylic acid groups (broad SMARTS) is 1. The van der Waals surface area contributed by atoms with Gasteiger partial charge in [0.05, 0.1) is 7.11 Å². The molecule has 116 valence electrons. The van der Waals surface area contributed by atoms with Crippen LogP contribution < -0.4 is 15.4 Å². The Morgan fingerprint density at radius 3 is 2.52 bits per heavy atom. The van der Waals surface area contributed by atoms with Crippen LogP contribution in [0.3, 0.4) is 0 Å². The summed E-state index contributed by atoms with van der Waals surface area (Å²) in [6.45, 7) is 3.80. The third-order valence-electron chi connectivity index (χ3n) is 2.68. The largest absolute Gasteiger partial charge is 0.497 e. The number of anilines is 1. The first-order valence-corrected chi connectivity index (χ1v) is 7.26. The zero-order valence-electron chi connectivity index (χ0n) is 12.1. The highest BCUT2D eigenvalue weighted by Gasteiger charge is 2.21. The monoisotopic (exact) mass is 358 g/mol. The highest BCUT2D eigenvalue weighted by atomic mass is 79.9. The van der Waals surface area contributed by atoms with Crippen molar-refractivity contribution in [2.45, 2.75) is 26.3 Å². The summed E-state index contributed by atoms with van der Waals surface area (Å²) in [5.74, 6) is -0.306. The zero-order chi connectivity index (χ0) is 16.0. The molecule has 0 bridgehead atoms. The maximum Gasteiger partial charge on any atom is 0.326 e. The van der Waals surface area contributed by atoms with E-state index in [0.717, 1.165) is 4.47 Å². The van der Waals surface area contributed by atoms with Gasteiger partial charge in [-0.25, -0.2) is 9.59 Å². The molecular formula is C14H19BrN2O4. The van der Waals surface area contributed by atoms with Gasteiger partial charge in [-0.15, -0.1) is 0 Å². The van der Waals surface area contributed by atoms with Gasteiger partial charge in [0, 0.05) is 16.2 Å². The van der Waals surface area contributed by atoms with Crippen LogP contribution >= 0.6 is 15.9 Å². The molecule has 2 amide bonds. The summed E-state index contributed by atoms with van der Waals surface area (Å²) in [6.07, 6.45) is 0.366. The Kier molecular flexibility index (Phi) is 6.48. The first-order valence-electron chi connectivity index (χ1n) is 6.46. The summed E-state index contributed by atoms with van der Waals surface area (Å²) in [7, 11) is 1.52. The molecule has 3 N–H and O–H groups in total. The van der Waals surface area contributed by atoms with E-state index in [1.807, 2.05) is 13.8 Å². The van der Waals surface area contributed by atoms with Crippen LogP contribution in [0.1, 0.15) is 20.3 Å². The molecule has 1 aromatic rings. The second-order valence-electron chi connectivity index (χ2n) is 5.00. The van der Waals surface area contributed by atoms with Crippen LogP contribution in [-0.2, 0) is 4.79 Å². The number of methoxy groups -OCH3 is 1. The van der Waals surface area contributed by atoms with E-state index in [0.29, 0.717) is 17.9 Å². The van der Waals surface area contributed by atoms with Crippen LogP contribution in [0.25, 0.3) is 0 Å². The van der Waals surface area contributed by atoms with Crippen LogP contribution in [-0.4, -0.2) is 30.3 Å². The van der Waals surface area contributed by atoms with Gasteiger partial charge in [0.15, 0.2) is 0 Å². The van der Waals surface area contributed by atoms with Crippen molar-refractivity contribution in [1.29, 1.82) is 0 Å². The van der Waals surface area contributed by atoms with Gasteiger partial charge in [0.2, 0.25) is 0 Å². The third-order valence-corrected chi connectivity index (χ3v) is 3.13. The van der Waals surface area contributed by atoms with Gasteiger partial charge < -0.3 is 20.5 Å². The smallest absolute Gasteiger partial charge is 0.326 e. The van der Waals surface area contributed by atoms with Crippen molar-refractivity contribution in [1.82, 2.24) is 5.32 Å². The van der Waals surface area contributed by atoms with Gasteiger partial charge in [-0.2, -0.15) is 0 Å². The quantitative estimate of drug-likeness (QED) is 0.728. The second-order valence-corrected chi connectivity index (χ2v) is 5.91. The Morgan fingerprint density at radius 1 is 1.33 bits per heavy atom. The van der Waals surface area contributed by atoms with E-state index in [-0.39, 0.29) is 5.92 Å². The molecule has 1 atom stereocenters. The average Bonchev–Trinajstić information content (AvgIpc) is 2.36. The highest BCUT2D eigenvalue weighted by Crippen LogP contribution is 2.24. The highest BCUT2D eigenvalue weighted by molar-refractivity contribution is 9.10.